The molecule has 0 spiro atoms. The number of pyridine rings is 1. The molecule has 0 aliphatic rings. The molecule has 0 radical (unpaired) electrons. The molecule has 3 aromatic rings. The lowest BCUT2D eigenvalue weighted by Gasteiger charge is -2.25. The Morgan fingerprint density at radius 1 is 1.09 bits per heavy atom. The van der Waals surface area contributed by atoms with Crippen LogP contribution in [0.15, 0.2) is 47.3 Å². The average molecular weight is 484 g/mol. The van der Waals surface area contributed by atoms with Crippen molar-refractivity contribution in [2.24, 2.45) is 0 Å². The molecule has 1 heterocycles. The Balaban J connectivity index is 1.69. The number of aryl methyl sites for hydroxylation is 1. The highest BCUT2D eigenvalue weighted by atomic mass is 32.1. The maximum Gasteiger partial charge on any atom is 0.253 e. The van der Waals surface area contributed by atoms with E-state index in [-0.39, 0.29) is 12.2 Å². The van der Waals surface area contributed by atoms with Crippen molar-refractivity contribution in [2.45, 2.75) is 32.7 Å². The van der Waals surface area contributed by atoms with Gasteiger partial charge in [-0.05, 0) is 78.3 Å². The van der Waals surface area contributed by atoms with E-state index in [1.54, 1.807) is 14.2 Å². The quantitative estimate of drug-likeness (QED) is 0.360. The number of fused-ring (bicyclic) bond motifs is 1. The van der Waals surface area contributed by atoms with Crippen LogP contribution in [0.4, 0.5) is 0 Å². The molecule has 0 amide bonds. The molecule has 0 atom stereocenters. The molecule has 0 saturated heterocycles. The first-order valence-corrected chi connectivity index (χ1v) is 11.9. The first-order valence-electron chi connectivity index (χ1n) is 11.5. The van der Waals surface area contributed by atoms with Crippen LogP contribution in [0.25, 0.3) is 10.9 Å². The van der Waals surface area contributed by atoms with Crippen molar-refractivity contribution >= 4 is 28.2 Å². The van der Waals surface area contributed by atoms with Crippen molar-refractivity contribution in [2.75, 3.05) is 33.9 Å². The second-order valence-corrected chi connectivity index (χ2v) is 8.46. The van der Waals surface area contributed by atoms with Crippen LogP contribution in [0.3, 0.4) is 0 Å². The summed E-state index contributed by atoms with van der Waals surface area (Å²) in [7, 11) is 3.23. The molecule has 0 aliphatic heterocycles. The van der Waals surface area contributed by atoms with E-state index in [4.69, 9.17) is 21.7 Å². The second-order valence-electron chi connectivity index (χ2n) is 8.07. The zero-order valence-corrected chi connectivity index (χ0v) is 20.8. The number of H-pyrrole nitrogens is 1. The van der Waals surface area contributed by atoms with Gasteiger partial charge in [0.2, 0.25) is 0 Å². The van der Waals surface area contributed by atoms with Gasteiger partial charge in [0.1, 0.15) is 0 Å². The summed E-state index contributed by atoms with van der Waals surface area (Å²) in [6, 6.07) is 13.8. The fraction of sp³-hybridized carbons (Fsp3) is 0.385. The van der Waals surface area contributed by atoms with E-state index in [9.17, 15) is 9.90 Å². The SMILES string of the molecule is CCc1ccc2[nH]c(=O)c(CN(CCCO)C(=S)NCCc3ccc(OC)c(OC)c3)cc2c1. The Labute approximate surface area is 205 Å². The molecule has 3 N–H and O–H groups in total. The molecule has 0 fully saturated rings. The molecule has 34 heavy (non-hydrogen) atoms. The lowest BCUT2D eigenvalue weighted by molar-refractivity contribution is 0.264. The molecule has 0 saturated carbocycles. The van der Waals surface area contributed by atoms with Gasteiger partial charge in [0.25, 0.3) is 5.56 Å². The number of hydrogen-bond acceptors (Lipinski definition) is 5. The number of aliphatic hydroxyl groups is 1. The number of aliphatic hydroxyl groups excluding tert-OH is 1. The summed E-state index contributed by atoms with van der Waals surface area (Å²) in [4.78, 5) is 17.6. The zero-order chi connectivity index (χ0) is 24.5. The van der Waals surface area contributed by atoms with Crippen molar-refractivity contribution in [1.29, 1.82) is 0 Å². The Hall–Kier alpha value is -3.10. The van der Waals surface area contributed by atoms with Gasteiger partial charge in [-0.25, -0.2) is 0 Å². The fourth-order valence-corrected chi connectivity index (χ4v) is 4.08. The van der Waals surface area contributed by atoms with Crippen LogP contribution in [-0.4, -0.2) is 54.0 Å². The van der Waals surface area contributed by atoms with Crippen molar-refractivity contribution in [3.63, 3.8) is 0 Å². The lowest BCUT2D eigenvalue weighted by atomic mass is 10.1. The van der Waals surface area contributed by atoms with Crippen LogP contribution in [0, 0.1) is 0 Å². The summed E-state index contributed by atoms with van der Waals surface area (Å²) in [6.07, 6.45) is 2.23. The number of aromatic nitrogens is 1. The number of hydrogen-bond donors (Lipinski definition) is 3. The highest BCUT2D eigenvalue weighted by Gasteiger charge is 2.14. The normalized spacial score (nSPS) is 10.8. The van der Waals surface area contributed by atoms with Crippen LogP contribution < -0.4 is 20.3 Å². The number of methoxy groups -OCH3 is 2. The number of thiocarbonyl (C=S) groups is 1. The summed E-state index contributed by atoms with van der Waals surface area (Å²) < 4.78 is 10.7. The third-order valence-electron chi connectivity index (χ3n) is 5.77. The van der Waals surface area contributed by atoms with E-state index in [1.165, 1.54) is 5.56 Å². The van der Waals surface area contributed by atoms with Crippen LogP contribution in [0.5, 0.6) is 11.5 Å². The number of rotatable bonds is 11. The molecular formula is C26H33N3O4S. The Morgan fingerprint density at radius 3 is 2.56 bits per heavy atom. The van der Waals surface area contributed by atoms with Gasteiger partial charge in [-0.3, -0.25) is 4.79 Å². The first-order chi connectivity index (χ1) is 16.5. The monoisotopic (exact) mass is 483 g/mol. The van der Waals surface area contributed by atoms with Crippen LogP contribution in [0.2, 0.25) is 0 Å². The van der Waals surface area contributed by atoms with E-state index in [1.807, 2.05) is 41.3 Å². The van der Waals surface area contributed by atoms with Gasteiger partial charge in [0.05, 0.1) is 20.8 Å². The highest BCUT2D eigenvalue weighted by molar-refractivity contribution is 7.80. The molecule has 0 unspecified atom stereocenters. The van der Waals surface area contributed by atoms with E-state index in [0.717, 1.165) is 29.3 Å². The maximum absolute atomic E-state index is 12.7. The minimum absolute atomic E-state index is 0.0543. The molecule has 0 bridgehead atoms. The molecule has 1 aromatic heterocycles. The van der Waals surface area contributed by atoms with Gasteiger partial charge >= 0.3 is 0 Å². The topological polar surface area (TPSA) is 86.8 Å². The number of ether oxygens (including phenoxy) is 2. The fourth-order valence-electron chi connectivity index (χ4n) is 3.82. The van der Waals surface area contributed by atoms with Gasteiger partial charge < -0.3 is 29.8 Å². The molecule has 2 aromatic carbocycles. The summed E-state index contributed by atoms with van der Waals surface area (Å²) in [5, 5.41) is 14.2. The smallest absolute Gasteiger partial charge is 0.253 e. The number of aromatic amines is 1. The maximum atomic E-state index is 12.7. The van der Waals surface area contributed by atoms with E-state index < -0.39 is 0 Å². The van der Waals surface area contributed by atoms with Crippen LogP contribution in [-0.2, 0) is 19.4 Å². The van der Waals surface area contributed by atoms with Gasteiger partial charge in [-0.15, -0.1) is 0 Å². The third kappa shape index (κ3) is 6.48. The van der Waals surface area contributed by atoms with Crippen molar-refractivity contribution in [3.05, 3.63) is 69.5 Å². The molecule has 182 valence electrons. The first kappa shape index (κ1) is 25.5. The van der Waals surface area contributed by atoms with Gasteiger partial charge in [0.15, 0.2) is 16.6 Å². The highest BCUT2D eigenvalue weighted by Crippen LogP contribution is 2.27. The second kappa shape index (κ2) is 12.4. The van der Waals surface area contributed by atoms with Crippen molar-refractivity contribution < 1.29 is 14.6 Å². The van der Waals surface area contributed by atoms with Gasteiger partial charge in [-0.1, -0.05) is 19.1 Å². The van der Waals surface area contributed by atoms with Gasteiger partial charge in [0, 0.05) is 30.8 Å². The Kier molecular flexibility index (Phi) is 9.30. The van der Waals surface area contributed by atoms with Gasteiger partial charge in [-0.2, -0.15) is 0 Å². The predicted molar refractivity (Wildman–Crippen MR) is 140 cm³/mol. The molecule has 7 nitrogen and oxygen atoms in total. The number of benzene rings is 2. The van der Waals surface area contributed by atoms with E-state index in [0.29, 0.717) is 48.2 Å². The summed E-state index contributed by atoms with van der Waals surface area (Å²) in [5.74, 6) is 1.38. The van der Waals surface area contributed by atoms with Crippen LogP contribution in [0.1, 0.15) is 30.0 Å². The van der Waals surface area contributed by atoms with Crippen molar-refractivity contribution in [3.8, 4) is 11.5 Å². The molecular weight excluding hydrogens is 450 g/mol. The van der Waals surface area contributed by atoms with Crippen LogP contribution >= 0.6 is 12.2 Å². The Morgan fingerprint density at radius 2 is 1.85 bits per heavy atom. The molecule has 0 aliphatic carbocycles. The minimum Gasteiger partial charge on any atom is -0.493 e. The number of nitrogens with zero attached hydrogens (tertiary/aromatic N) is 1. The largest absolute Gasteiger partial charge is 0.493 e. The minimum atomic E-state index is -0.126. The zero-order valence-electron chi connectivity index (χ0n) is 20.0. The predicted octanol–water partition coefficient (Wildman–Crippen LogP) is 3.41. The van der Waals surface area contributed by atoms with E-state index >= 15 is 0 Å². The third-order valence-corrected chi connectivity index (χ3v) is 6.17. The summed E-state index contributed by atoms with van der Waals surface area (Å²) in [6.45, 7) is 3.70. The summed E-state index contributed by atoms with van der Waals surface area (Å²) >= 11 is 5.65. The van der Waals surface area contributed by atoms with Crippen molar-refractivity contribution in [1.82, 2.24) is 15.2 Å². The average Bonchev–Trinajstić information content (AvgIpc) is 2.86. The standard InChI is InChI=1S/C26H33N3O4S/c1-4-18-6-8-22-20(14-18)16-21(25(31)28-22)17-29(12-5-13-30)26(34)27-11-10-19-7-9-23(32-2)24(15-19)33-3/h6-9,14-16,30H,4-5,10-13,17H2,1-3H3,(H,27,34)(H,28,31). The Bertz CT molecular complexity index is 1180. The molecule has 3 rings (SSSR count). The van der Waals surface area contributed by atoms with E-state index in [2.05, 4.69) is 23.3 Å². The molecule has 8 heteroatoms. The number of nitrogens with one attached hydrogen (secondary N) is 2. The summed E-state index contributed by atoms with van der Waals surface area (Å²) in [5.41, 5.74) is 3.65. The lowest BCUT2D eigenvalue weighted by Crippen LogP contribution is -2.41.